The van der Waals surface area contributed by atoms with Crippen LogP contribution in [0.2, 0.25) is 0 Å². The van der Waals surface area contributed by atoms with Crippen LogP contribution in [0.25, 0.3) is 0 Å². The van der Waals surface area contributed by atoms with Crippen LogP contribution in [0.5, 0.6) is 0 Å². The molecule has 3 rings (SSSR count). The Kier molecular flexibility index (Phi) is 5.18. The Labute approximate surface area is 149 Å². The molecule has 0 spiro atoms. The van der Waals surface area contributed by atoms with E-state index in [2.05, 4.69) is 10.6 Å². The number of nitrogens with zero attached hydrogens (tertiary/aromatic N) is 1. The van der Waals surface area contributed by atoms with Gasteiger partial charge < -0.3 is 20.0 Å². The van der Waals surface area contributed by atoms with E-state index in [1.807, 2.05) is 18.4 Å². The second-order valence-corrected chi connectivity index (χ2v) is 6.75. The zero-order chi connectivity index (χ0) is 17.8. The Morgan fingerprint density at radius 2 is 2.12 bits per heavy atom. The summed E-state index contributed by atoms with van der Waals surface area (Å²) in [7, 11) is 0. The van der Waals surface area contributed by atoms with Gasteiger partial charge in [-0.3, -0.25) is 14.4 Å². The normalized spacial score (nSPS) is 16.2. The fraction of sp³-hybridized carbons (Fsp3) is 0.353. The Morgan fingerprint density at radius 1 is 1.28 bits per heavy atom. The average Bonchev–Trinajstić information content (AvgIpc) is 3.29. The maximum absolute atomic E-state index is 12.4. The summed E-state index contributed by atoms with van der Waals surface area (Å²) in [5.74, 6) is -0.886. The standard InChI is InChI=1S/C17H19N3O4S/c1-11-12-5-8-25-14(12)4-6-20(11)16(22)10-18-15(21)9-19-17(23)13-3-2-7-24-13/h2-3,5,7-8,11H,4,6,9-10H2,1H3,(H,18,21)(H,19,23)/t11-/m0/s1. The molecule has 2 aromatic rings. The lowest BCUT2D eigenvalue weighted by Crippen LogP contribution is -2.46. The highest BCUT2D eigenvalue weighted by Gasteiger charge is 2.28. The molecule has 0 bridgehead atoms. The van der Waals surface area contributed by atoms with Crippen molar-refractivity contribution in [2.45, 2.75) is 19.4 Å². The van der Waals surface area contributed by atoms with Crippen molar-refractivity contribution in [1.29, 1.82) is 0 Å². The molecule has 0 aliphatic carbocycles. The lowest BCUT2D eigenvalue weighted by molar-refractivity contribution is -0.134. The van der Waals surface area contributed by atoms with Crippen molar-refractivity contribution < 1.29 is 18.8 Å². The molecular formula is C17H19N3O4S. The number of rotatable bonds is 5. The van der Waals surface area contributed by atoms with Crippen LogP contribution < -0.4 is 10.6 Å². The minimum absolute atomic E-state index is 0.0121. The molecule has 3 amide bonds. The molecular weight excluding hydrogens is 342 g/mol. The van der Waals surface area contributed by atoms with Crippen molar-refractivity contribution in [3.05, 3.63) is 46.0 Å². The third-order valence-corrected chi connectivity index (χ3v) is 5.19. The summed E-state index contributed by atoms with van der Waals surface area (Å²) in [4.78, 5) is 39.0. The smallest absolute Gasteiger partial charge is 0.287 e. The number of furan rings is 1. The zero-order valence-electron chi connectivity index (χ0n) is 13.8. The molecule has 1 atom stereocenters. The van der Waals surface area contributed by atoms with Crippen molar-refractivity contribution in [1.82, 2.24) is 15.5 Å². The number of carbonyl (C=O) groups excluding carboxylic acids is 3. The van der Waals surface area contributed by atoms with Gasteiger partial charge in [-0.15, -0.1) is 11.3 Å². The maximum Gasteiger partial charge on any atom is 0.287 e. The minimum Gasteiger partial charge on any atom is -0.459 e. The van der Waals surface area contributed by atoms with E-state index in [0.717, 1.165) is 6.42 Å². The fourth-order valence-corrected chi connectivity index (χ4v) is 3.81. The third kappa shape index (κ3) is 3.90. The van der Waals surface area contributed by atoms with Crippen molar-refractivity contribution in [2.24, 2.45) is 0 Å². The quantitative estimate of drug-likeness (QED) is 0.841. The van der Waals surface area contributed by atoms with Gasteiger partial charge in [0.2, 0.25) is 11.8 Å². The monoisotopic (exact) mass is 361 g/mol. The fourth-order valence-electron chi connectivity index (χ4n) is 2.84. The molecule has 132 valence electrons. The van der Waals surface area contributed by atoms with E-state index < -0.39 is 11.8 Å². The molecule has 0 saturated carbocycles. The number of amides is 3. The number of carbonyl (C=O) groups is 3. The molecule has 1 aliphatic heterocycles. The van der Waals surface area contributed by atoms with Crippen LogP contribution in [0.1, 0.15) is 34.0 Å². The van der Waals surface area contributed by atoms with Gasteiger partial charge in [0.25, 0.3) is 5.91 Å². The van der Waals surface area contributed by atoms with Gasteiger partial charge in [0.15, 0.2) is 5.76 Å². The second kappa shape index (κ2) is 7.52. The van der Waals surface area contributed by atoms with Crippen molar-refractivity contribution in [2.75, 3.05) is 19.6 Å². The number of hydrogen-bond acceptors (Lipinski definition) is 5. The van der Waals surface area contributed by atoms with Gasteiger partial charge >= 0.3 is 0 Å². The summed E-state index contributed by atoms with van der Waals surface area (Å²) in [6, 6.07) is 5.16. The van der Waals surface area contributed by atoms with Crippen molar-refractivity contribution in [3.63, 3.8) is 0 Å². The summed E-state index contributed by atoms with van der Waals surface area (Å²) < 4.78 is 4.94. The molecule has 25 heavy (non-hydrogen) atoms. The first-order valence-electron chi connectivity index (χ1n) is 8.00. The van der Waals surface area contributed by atoms with Crippen molar-refractivity contribution >= 4 is 29.1 Å². The first-order valence-corrected chi connectivity index (χ1v) is 8.88. The molecule has 1 aliphatic rings. The Balaban J connectivity index is 1.44. The van der Waals surface area contributed by atoms with E-state index in [4.69, 9.17) is 4.42 Å². The van der Waals surface area contributed by atoms with Crippen LogP contribution in [0.15, 0.2) is 34.3 Å². The van der Waals surface area contributed by atoms with Gasteiger partial charge in [0, 0.05) is 11.4 Å². The molecule has 0 unspecified atom stereocenters. The highest BCUT2D eigenvalue weighted by molar-refractivity contribution is 7.10. The van der Waals surface area contributed by atoms with Gasteiger partial charge in [-0.05, 0) is 42.5 Å². The molecule has 0 radical (unpaired) electrons. The zero-order valence-corrected chi connectivity index (χ0v) is 14.6. The summed E-state index contributed by atoms with van der Waals surface area (Å²) in [6.07, 6.45) is 2.22. The van der Waals surface area contributed by atoms with Gasteiger partial charge in [-0.25, -0.2) is 0 Å². The van der Waals surface area contributed by atoms with Crippen LogP contribution in [0.4, 0.5) is 0 Å². The van der Waals surface area contributed by atoms with Gasteiger partial charge in [0.05, 0.1) is 25.4 Å². The summed E-state index contributed by atoms with van der Waals surface area (Å²) in [5, 5.41) is 7.02. The summed E-state index contributed by atoms with van der Waals surface area (Å²) >= 11 is 1.71. The lowest BCUT2D eigenvalue weighted by atomic mass is 10.0. The Morgan fingerprint density at radius 3 is 2.88 bits per heavy atom. The van der Waals surface area contributed by atoms with E-state index in [1.54, 1.807) is 22.3 Å². The molecule has 2 aromatic heterocycles. The van der Waals surface area contributed by atoms with Gasteiger partial charge in [-0.1, -0.05) is 0 Å². The topological polar surface area (TPSA) is 91.7 Å². The van der Waals surface area contributed by atoms with E-state index >= 15 is 0 Å². The summed E-state index contributed by atoms with van der Waals surface area (Å²) in [6.45, 7) is 2.35. The highest BCUT2D eigenvalue weighted by atomic mass is 32.1. The van der Waals surface area contributed by atoms with E-state index in [0.29, 0.717) is 6.54 Å². The van der Waals surface area contributed by atoms with Gasteiger partial charge in [-0.2, -0.15) is 0 Å². The van der Waals surface area contributed by atoms with Crippen LogP contribution in [-0.4, -0.2) is 42.3 Å². The van der Waals surface area contributed by atoms with E-state index in [-0.39, 0.29) is 30.8 Å². The largest absolute Gasteiger partial charge is 0.459 e. The predicted octanol–water partition coefficient (Wildman–Crippen LogP) is 1.33. The highest BCUT2D eigenvalue weighted by Crippen LogP contribution is 2.32. The van der Waals surface area contributed by atoms with E-state index in [9.17, 15) is 14.4 Å². The molecule has 8 heteroatoms. The predicted molar refractivity (Wildman–Crippen MR) is 92.2 cm³/mol. The Bertz CT molecular complexity index is 769. The van der Waals surface area contributed by atoms with Crippen molar-refractivity contribution in [3.8, 4) is 0 Å². The first-order chi connectivity index (χ1) is 12.1. The second-order valence-electron chi connectivity index (χ2n) is 5.75. The number of nitrogens with one attached hydrogen (secondary N) is 2. The Hall–Kier alpha value is -2.61. The number of hydrogen-bond donors (Lipinski definition) is 2. The third-order valence-electron chi connectivity index (χ3n) is 4.19. The molecule has 3 heterocycles. The van der Waals surface area contributed by atoms with Crippen LogP contribution in [0.3, 0.4) is 0 Å². The lowest BCUT2D eigenvalue weighted by Gasteiger charge is -2.33. The minimum atomic E-state index is -0.471. The van der Waals surface area contributed by atoms with Crippen LogP contribution in [0, 0.1) is 0 Å². The maximum atomic E-state index is 12.4. The number of thiophene rings is 1. The SMILES string of the molecule is C[C@H]1c2ccsc2CCN1C(=O)CNC(=O)CNC(=O)c1ccco1. The molecule has 7 nitrogen and oxygen atoms in total. The molecule has 0 saturated heterocycles. The molecule has 0 aromatic carbocycles. The van der Waals surface area contributed by atoms with Crippen LogP contribution >= 0.6 is 11.3 Å². The molecule has 0 fully saturated rings. The molecule has 2 N–H and O–H groups in total. The number of fused-ring (bicyclic) bond motifs is 1. The van der Waals surface area contributed by atoms with Gasteiger partial charge in [0.1, 0.15) is 0 Å². The van der Waals surface area contributed by atoms with E-state index in [1.165, 1.54) is 22.8 Å². The summed E-state index contributed by atoms with van der Waals surface area (Å²) in [5.41, 5.74) is 1.18. The van der Waals surface area contributed by atoms with Crippen LogP contribution in [-0.2, 0) is 16.0 Å². The first kappa shape index (κ1) is 17.2. The average molecular weight is 361 g/mol.